The zero-order valence-electron chi connectivity index (χ0n) is 16.4. The lowest BCUT2D eigenvalue weighted by molar-refractivity contribution is -0.137. The molecule has 0 bridgehead atoms. The van der Waals surface area contributed by atoms with Crippen molar-refractivity contribution in [2.75, 3.05) is 54.4 Å². The van der Waals surface area contributed by atoms with E-state index in [2.05, 4.69) is 20.2 Å². The van der Waals surface area contributed by atoms with Gasteiger partial charge < -0.3 is 20.0 Å². The molecular weight excluding hydrogens is 397 g/mol. The molecule has 0 atom stereocenters. The average molecular weight is 420 g/mol. The normalized spacial score (nSPS) is 17.4. The van der Waals surface area contributed by atoms with Gasteiger partial charge in [0.25, 0.3) is 0 Å². The van der Waals surface area contributed by atoms with E-state index in [1.54, 1.807) is 17.2 Å². The Bertz CT molecular complexity index is 875. The molecule has 0 saturated carbocycles. The second-order valence-corrected chi connectivity index (χ2v) is 7.38. The van der Waals surface area contributed by atoms with Gasteiger partial charge in [-0.3, -0.25) is 0 Å². The fourth-order valence-electron chi connectivity index (χ4n) is 3.75. The lowest BCUT2D eigenvalue weighted by atomic mass is 10.2. The summed E-state index contributed by atoms with van der Waals surface area (Å²) in [4.78, 5) is 26.9. The predicted molar refractivity (Wildman–Crippen MR) is 108 cm³/mol. The first-order valence-electron chi connectivity index (χ1n) is 9.96. The summed E-state index contributed by atoms with van der Waals surface area (Å²) >= 11 is 0. The molecule has 4 heterocycles. The number of rotatable bonds is 3. The molecule has 160 valence electrons. The standard InChI is InChI=1S/C20H23F3N6O/c21-20(22,23)15-5-6-17(25-14-15)27-10-12-29(13-11-27)19(30)26-16-4-3-7-24-18(16)28-8-1-2-9-28/h3-7,14H,1-2,8-13H2,(H,26,30). The van der Waals surface area contributed by atoms with Crippen molar-refractivity contribution in [2.24, 2.45) is 0 Å². The van der Waals surface area contributed by atoms with Gasteiger partial charge in [0.05, 0.1) is 11.3 Å². The minimum Gasteiger partial charge on any atom is -0.355 e. The molecule has 2 fully saturated rings. The molecule has 2 aliphatic rings. The van der Waals surface area contributed by atoms with E-state index in [1.807, 2.05) is 11.0 Å². The number of urea groups is 1. The number of nitrogens with zero attached hydrogens (tertiary/aromatic N) is 5. The summed E-state index contributed by atoms with van der Waals surface area (Å²) in [6.45, 7) is 3.76. The topological polar surface area (TPSA) is 64.6 Å². The van der Waals surface area contributed by atoms with Gasteiger partial charge in [0.15, 0.2) is 5.82 Å². The van der Waals surface area contributed by atoms with Crippen molar-refractivity contribution >= 4 is 23.4 Å². The summed E-state index contributed by atoms with van der Waals surface area (Å²) in [7, 11) is 0. The van der Waals surface area contributed by atoms with Crippen molar-refractivity contribution in [3.8, 4) is 0 Å². The molecule has 0 aromatic carbocycles. The number of alkyl halides is 3. The molecule has 0 spiro atoms. The van der Waals surface area contributed by atoms with Crippen LogP contribution in [0.25, 0.3) is 0 Å². The molecule has 2 saturated heterocycles. The zero-order valence-corrected chi connectivity index (χ0v) is 16.4. The molecule has 2 aromatic heterocycles. The number of halogens is 3. The van der Waals surface area contributed by atoms with E-state index >= 15 is 0 Å². The summed E-state index contributed by atoms with van der Waals surface area (Å²) in [6, 6.07) is 5.84. The summed E-state index contributed by atoms with van der Waals surface area (Å²) in [6.07, 6.45) is 0.395. The van der Waals surface area contributed by atoms with Crippen molar-refractivity contribution in [1.29, 1.82) is 0 Å². The van der Waals surface area contributed by atoms with Crippen LogP contribution in [0, 0.1) is 0 Å². The van der Waals surface area contributed by atoms with Crippen molar-refractivity contribution in [3.05, 3.63) is 42.2 Å². The number of anilines is 3. The van der Waals surface area contributed by atoms with Crippen LogP contribution >= 0.6 is 0 Å². The highest BCUT2D eigenvalue weighted by atomic mass is 19.4. The van der Waals surface area contributed by atoms with Crippen LogP contribution in [0.15, 0.2) is 36.7 Å². The Morgan fingerprint density at radius 3 is 2.30 bits per heavy atom. The van der Waals surface area contributed by atoms with Crippen LogP contribution < -0.4 is 15.1 Å². The summed E-state index contributed by atoms with van der Waals surface area (Å²) in [5.74, 6) is 1.27. The van der Waals surface area contributed by atoms with Crippen LogP contribution in [0.3, 0.4) is 0 Å². The molecule has 2 aromatic rings. The van der Waals surface area contributed by atoms with Gasteiger partial charge in [0.1, 0.15) is 5.82 Å². The number of amides is 2. The van der Waals surface area contributed by atoms with E-state index in [0.29, 0.717) is 37.7 Å². The number of hydrogen-bond acceptors (Lipinski definition) is 5. The maximum absolute atomic E-state index is 12.7. The summed E-state index contributed by atoms with van der Waals surface area (Å²) in [5.41, 5.74) is -0.0780. The molecule has 0 radical (unpaired) electrons. The van der Waals surface area contributed by atoms with Crippen molar-refractivity contribution in [2.45, 2.75) is 19.0 Å². The second-order valence-electron chi connectivity index (χ2n) is 7.38. The van der Waals surface area contributed by atoms with Gasteiger partial charge in [-0.1, -0.05) is 0 Å². The number of piperazine rings is 1. The summed E-state index contributed by atoms with van der Waals surface area (Å²) in [5, 5.41) is 2.96. The van der Waals surface area contributed by atoms with E-state index < -0.39 is 11.7 Å². The Kier molecular flexibility index (Phi) is 5.65. The van der Waals surface area contributed by atoms with Crippen molar-refractivity contribution < 1.29 is 18.0 Å². The molecule has 30 heavy (non-hydrogen) atoms. The summed E-state index contributed by atoms with van der Waals surface area (Å²) < 4.78 is 38.1. The number of nitrogens with one attached hydrogen (secondary N) is 1. The third-order valence-electron chi connectivity index (χ3n) is 5.40. The van der Waals surface area contributed by atoms with Gasteiger partial charge in [-0.25, -0.2) is 14.8 Å². The van der Waals surface area contributed by atoms with Crippen molar-refractivity contribution in [3.63, 3.8) is 0 Å². The minimum absolute atomic E-state index is 0.205. The highest BCUT2D eigenvalue weighted by molar-refractivity contribution is 5.92. The van der Waals surface area contributed by atoms with E-state index in [1.165, 1.54) is 6.07 Å². The molecular formula is C20H23F3N6O. The van der Waals surface area contributed by atoms with E-state index in [9.17, 15) is 18.0 Å². The van der Waals surface area contributed by atoms with E-state index in [0.717, 1.165) is 44.0 Å². The third-order valence-corrected chi connectivity index (χ3v) is 5.40. The van der Waals surface area contributed by atoms with Crippen molar-refractivity contribution in [1.82, 2.24) is 14.9 Å². The highest BCUT2D eigenvalue weighted by Gasteiger charge is 2.31. The maximum Gasteiger partial charge on any atom is 0.417 e. The number of carbonyl (C=O) groups is 1. The molecule has 2 aliphatic heterocycles. The Balaban J connectivity index is 1.35. The molecule has 4 rings (SSSR count). The Morgan fingerprint density at radius 1 is 0.933 bits per heavy atom. The van der Waals surface area contributed by atoms with Gasteiger partial charge in [0, 0.05) is 51.7 Å². The fraction of sp³-hybridized carbons (Fsp3) is 0.450. The number of pyridine rings is 2. The first-order chi connectivity index (χ1) is 14.4. The highest BCUT2D eigenvalue weighted by Crippen LogP contribution is 2.30. The largest absolute Gasteiger partial charge is 0.417 e. The van der Waals surface area contributed by atoms with Crippen LogP contribution in [0.1, 0.15) is 18.4 Å². The number of hydrogen-bond donors (Lipinski definition) is 1. The van der Waals surface area contributed by atoms with E-state index in [-0.39, 0.29) is 6.03 Å². The van der Waals surface area contributed by atoms with Gasteiger partial charge in [-0.05, 0) is 37.1 Å². The monoisotopic (exact) mass is 420 g/mol. The average Bonchev–Trinajstić information content (AvgIpc) is 3.28. The van der Waals surface area contributed by atoms with Gasteiger partial charge >= 0.3 is 12.2 Å². The first-order valence-corrected chi connectivity index (χ1v) is 9.96. The van der Waals surface area contributed by atoms with E-state index in [4.69, 9.17) is 0 Å². The molecule has 1 N–H and O–H groups in total. The predicted octanol–water partition coefficient (Wildman–Crippen LogP) is 3.45. The van der Waals surface area contributed by atoms with Crippen LogP contribution in [0.5, 0.6) is 0 Å². The third kappa shape index (κ3) is 4.42. The minimum atomic E-state index is -4.40. The number of carbonyl (C=O) groups excluding carboxylic acids is 1. The Hall–Kier alpha value is -3.04. The Labute approximate surface area is 172 Å². The zero-order chi connectivity index (χ0) is 21.1. The SMILES string of the molecule is O=C(Nc1cccnc1N1CCCC1)N1CCN(c2ccc(C(F)(F)F)cn2)CC1. The lowest BCUT2D eigenvalue weighted by Gasteiger charge is -2.35. The number of aromatic nitrogens is 2. The second kappa shape index (κ2) is 8.37. The molecule has 10 heteroatoms. The van der Waals surface area contributed by atoms with Crippen LogP contribution in [-0.4, -0.2) is 60.2 Å². The van der Waals surface area contributed by atoms with Crippen LogP contribution in [0.4, 0.5) is 35.3 Å². The van der Waals surface area contributed by atoms with Crippen LogP contribution in [0.2, 0.25) is 0 Å². The lowest BCUT2D eigenvalue weighted by Crippen LogP contribution is -2.50. The van der Waals surface area contributed by atoms with Crippen LogP contribution in [-0.2, 0) is 6.18 Å². The smallest absolute Gasteiger partial charge is 0.355 e. The molecule has 0 aliphatic carbocycles. The molecule has 7 nitrogen and oxygen atoms in total. The first kappa shape index (κ1) is 20.2. The fourth-order valence-corrected chi connectivity index (χ4v) is 3.75. The Morgan fingerprint density at radius 2 is 1.67 bits per heavy atom. The quantitative estimate of drug-likeness (QED) is 0.824. The van der Waals surface area contributed by atoms with Gasteiger partial charge in [-0.2, -0.15) is 13.2 Å². The van der Waals surface area contributed by atoms with Gasteiger partial charge in [0.2, 0.25) is 0 Å². The maximum atomic E-state index is 12.7. The van der Waals surface area contributed by atoms with Gasteiger partial charge in [-0.15, -0.1) is 0 Å². The molecule has 0 unspecified atom stereocenters. The molecule has 2 amide bonds.